The zero-order valence-corrected chi connectivity index (χ0v) is 15.5. The van der Waals surface area contributed by atoms with E-state index in [1.807, 2.05) is 19.1 Å². The topological polar surface area (TPSA) is 110 Å². The van der Waals surface area contributed by atoms with Gasteiger partial charge in [0.1, 0.15) is 17.0 Å². The van der Waals surface area contributed by atoms with Gasteiger partial charge in [-0.2, -0.15) is 4.98 Å². The second-order valence-corrected chi connectivity index (χ2v) is 6.95. The van der Waals surface area contributed by atoms with Crippen LogP contribution in [0.4, 0.5) is 10.5 Å². The lowest BCUT2D eigenvalue weighted by molar-refractivity contribution is 0.0636. The first-order valence-corrected chi connectivity index (χ1v) is 8.32. The molecule has 1 aromatic carbocycles. The van der Waals surface area contributed by atoms with Crippen LogP contribution in [-0.4, -0.2) is 31.9 Å². The number of phenols is 1. The predicted molar refractivity (Wildman–Crippen MR) is 99.2 cm³/mol. The van der Waals surface area contributed by atoms with Gasteiger partial charge in [-0.1, -0.05) is 11.2 Å². The number of aryl methyl sites for hydroxylation is 1. The number of rotatable bonds is 3. The van der Waals surface area contributed by atoms with Gasteiger partial charge in [-0.05, 0) is 57.5 Å². The zero-order chi connectivity index (χ0) is 19.6. The summed E-state index contributed by atoms with van der Waals surface area (Å²) in [4.78, 5) is 20.5. The number of carbonyl (C=O) groups excluding carboxylic acids is 1. The second-order valence-electron chi connectivity index (χ2n) is 6.95. The van der Waals surface area contributed by atoms with Gasteiger partial charge in [-0.25, -0.2) is 4.79 Å². The van der Waals surface area contributed by atoms with Crippen LogP contribution in [0.2, 0.25) is 0 Å². The molecule has 0 spiro atoms. The highest BCUT2D eigenvalue weighted by molar-refractivity contribution is 5.86. The number of nitrogens with zero attached hydrogens (tertiary/aromatic N) is 3. The van der Waals surface area contributed by atoms with Gasteiger partial charge >= 0.3 is 6.09 Å². The molecule has 0 aliphatic heterocycles. The number of carbonyl (C=O) groups is 1. The fourth-order valence-corrected chi connectivity index (χ4v) is 2.36. The van der Waals surface area contributed by atoms with Crippen molar-refractivity contribution in [1.29, 1.82) is 0 Å². The van der Waals surface area contributed by atoms with Crippen LogP contribution in [-0.2, 0) is 4.74 Å². The molecule has 2 aromatic heterocycles. The average molecular weight is 368 g/mol. The monoisotopic (exact) mass is 368 g/mol. The van der Waals surface area contributed by atoms with Crippen LogP contribution in [0.3, 0.4) is 0 Å². The van der Waals surface area contributed by atoms with Gasteiger partial charge in [0, 0.05) is 11.9 Å². The highest BCUT2D eigenvalue weighted by Crippen LogP contribution is 2.32. The summed E-state index contributed by atoms with van der Waals surface area (Å²) in [6.07, 6.45) is 1.04. The van der Waals surface area contributed by atoms with Crippen molar-refractivity contribution >= 4 is 11.8 Å². The molecule has 0 saturated carbocycles. The predicted octanol–water partition coefficient (Wildman–Crippen LogP) is 4.16. The molecule has 1 amide bonds. The van der Waals surface area contributed by atoms with E-state index >= 15 is 0 Å². The molecule has 8 heteroatoms. The van der Waals surface area contributed by atoms with Gasteiger partial charge in [0.15, 0.2) is 0 Å². The van der Waals surface area contributed by atoms with Crippen molar-refractivity contribution in [3.8, 4) is 28.7 Å². The summed E-state index contributed by atoms with van der Waals surface area (Å²) >= 11 is 0. The first kappa shape index (κ1) is 18.4. The van der Waals surface area contributed by atoms with Crippen molar-refractivity contribution < 1.29 is 19.2 Å². The van der Waals surface area contributed by atoms with Gasteiger partial charge in [0.05, 0.1) is 5.56 Å². The number of hydrogen-bond acceptors (Lipinski definition) is 7. The Morgan fingerprint density at radius 1 is 1.26 bits per heavy atom. The minimum absolute atomic E-state index is 0.0577. The third kappa shape index (κ3) is 4.41. The summed E-state index contributed by atoms with van der Waals surface area (Å²) in [5.41, 5.74) is 1.58. The summed E-state index contributed by atoms with van der Waals surface area (Å²) in [5.74, 6) is 0.367. The number of amides is 1. The molecular weight excluding hydrogens is 348 g/mol. The lowest BCUT2D eigenvalue weighted by Gasteiger charge is -2.19. The maximum atomic E-state index is 11.9. The van der Waals surface area contributed by atoms with E-state index in [9.17, 15) is 9.90 Å². The van der Waals surface area contributed by atoms with Crippen LogP contribution in [0.1, 0.15) is 26.3 Å². The van der Waals surface area contributed by atoms with Crippen LogP contribution in [0, 0.1) is 6.92 Å². The lowest BCUT2D eigenvalue weighted by Crippen LogP contribution is -2.27. The number of hydrogen-bond donors (Lipinski definition) is 2. The lowest BCUT2D eigenvalue weighted by atomic mass is 10.1. The molecule has 0 unspecified atom stereocenters. The third-order valence-corrected chi connectivity index (χ3v) is 3.52. The molecule has 8 nitrogen and oxygen atoms in total. The van der Waals surface area contributed by atoms with Crippen LogP contribution in [0.5, 0.6) is 5.75 Å². The number of anilines is 1. The van der Waals surface area contributed by atoms with E-state index in [0.29, 0.717) is 17.2 Å². The fraction of sp³-hybridized carbons (Fsp3) is 0.263. The molecule has 140 valence electrons. The molecule has 0 fully saturated rings. The van der Waals surface area contributed by atoms with Crippen molar-refractivity contribution in [2.45, 2.75) is 33.3 Å². The Labute approximate surface area is 156 Å². The summed E-state index contributed by atoms with van der Waals surface area (Å²) in [6, 6.07) is 8.21. The van der Waals surface area contributed by atoms with E-state index in [1.54, 1.807) is 33.0 Å². The van der Waals surface area contributed by atoms with E-state index < -0.39 is 11.7 Å². The van der Waals surface area contributed by atoms with Crippen molar-refractivity contribution in [2.75, 3.05) is 5.32 Å². The fourth-order valence-electron chi connectivity index (χ4n) is 2.36. The van der Waals surface area contributed by atoms with Gasteiger partial charge in [0.2, 0.25) is 5.82 Å². The van der Waals surface area contributed by atoms with Crippen molar-refractivity contribution in [3.63, 3.8) is 0 Å². The van der Waals surface area contributed by atoms with Gasteiger partial charge in [0.25, 0.3) is 5.89 Å². The normalized spacial score (nSPS) is 11.3. The van der Waals surface area contributed by atoms with Gasteiger partial charge in [-0.15, -0.1) is 0 Å². The van der Waals surface area contributed by atoms with Gasteiger partial charge < -0.3 is 14.4 Å². The van der Waals surface area contributed by atoms with E-state index in [-0.39, 0.29) is 17.2 Å². The van der Waals surface area contributed by atoms with Crippen molar-refractivity contribution in [2.24, 2.45) is 0 Å². The summed E-state index contributed by atoms with van der Waals surface area (Å²) in [6.45, 7) is 7.21. The van der Waals surface area contributed by atoms with E-state index in [4.69, 9.17) is 9.26 Å². The number of pyridine rings is 1. The average Bonchev–Trinajstić information content (AvgIpc) is 3.05. The Balaban J connectivity index is 1.87. The number of nitrogens with one attached hydrogen (secondary N) is 1. The van der Waals surface area contributed by atoms with E-state index in [2.05, 4.69) is 20.4 Å². The molecule has 0 radical (unpaired) electrons. The highest BCUT2D eigenvalue weighted by atomic mass is 16.6. The molecular formula is C19H20N4O4. The molecule has 2 heterocycles. The maximum Gasteiger partial charge on any atom is 0.412 e. The first-order chi connectivity index (χ1) is 12.7. The Bertz CT molecular complexity index is 976. The number of phenolic OH excluding ortho intramolecular Hbond substituents is 1. The molecule has 3 rings (SSSR count). The maximum absolute atomic E-state index is 11.9. The smallest absolute Gasteiger partial charge is 0.412 e. The minimum atomic E-state index is -0.619. The molecule has 0 bridgehead atoms. The SMILES string of the molecule is Cc1cccnc1-c1noc(-c2cc(NC(=O)OC(C)(C)C)ccc2O)n1. The van der Waals surface area contributed by atoms with Crippen molar-refractivity contribution in [3.05, 3.63) is 42.1 Å². The molecule has 3 aromatic rings. The largest absolute Gasteiger partial charge is 0.507 e. The Kier molecular flexibility index (Phi) is 4.81. The number of aromatic hydroxyl groups is 1. The number of benzene rings is 1. The highest BCUT2D eigenvalue weighted by Gasteiger charge is 2.19. The first-order valence-electron chi connectivity index (χ1n) is 8.32. The Morgan fingerprint density at radius 2 is 2.04 bits per heavy atom. The summed E-state index contributed by atoms with van der Waals surface area (Å²) in [7, 11) is 0. The molecule has 2 N–H and O–H groups in total. The second kappa shape index (κ2) is 7.06. The van der Waals surface area contributed by atoms with E-state index in [0.717, 1.165) is 5.56 Å². The molecule has 0 atom stereocenters. The molecule has 0 aliphatic carbocycles. The van der Waals surface area contributed by atoms with Crippen LogP contribution in [0.25, 0.3) is 23.0 Å². The molecule has 27 heavy (non-hydrogen) atoms. The third-order valence-electron chi connectivity index (χ3n) is 3.52. The quantitative estimate of drug-likeness (QED) is 0.668. The van der Waals surface area contributed by atoms with Crippen molar-refractivity contribution in [1.82, 2.24) is 15.1 Å². The van der Waals surface area contributed by atoms with E-state index in [1.165, 1.54) is 12.1 Å². The van der Waals surface area contributed by atoms with Crippen LogP contribution < -0.4 is 5.32 Å². The number of ether oxygens (including phenoxy) is 1. The summed E-state index contributed by atoms with van der Waals surface area (Å²) < 4.78 is 10.5. The zero-order valence-electron chi connectivity index (χ0n) is 15.5. The van der Waals surface area contributed by atoms with Gasteiger partial charge in [-0.3, -0.25) is 10.3 Å². The number of aromatic nitrogens is 3. The standard InChI is InChI=1S/C19H20N4O4/c1-11-6-5-9-20-15(11)16-22-17(27-23-16)13-10-12(7-8-14(13)24)21-18(25)26-19(2,3)4/h5-10,24H,1-4H3,(H,21,25). The minimum Gasteiger partial charge on any atom is -0.507 e. The Morgan fingerprint density at radius 3 is 2.74 bits per heavy atom. The summed E-state index contributed by atoms with van der Waals surface area (Å²) in [5, 5.41) is 16.7. The van der Waals surface area contributed by atoms with Crippen LogP contribution in [0.15, 0.2) is 41.1 Å². The van der Waals surface area contributed by atoms with Crippen LogP contribution >= 0.6 is 0 Å². The molecule has 0 saturated heterocycles. The molecule has 0 aliphatic rings. The Hall–Kier alpha value is -3.42.